The molecule has 0 bridgehead atoms. The molecule has 2 aromatic heterocycles. The number of aryl methyl sites for hydroxylation is 1. The molecule has 2 N–H and O–H groups in total. The molecule has 3 aromatic rings. The van der Waals surface area contributed by atoms with E-state index in [1.807, 2.05) is 56.1 Å². The van der Waals surface area contributed by atoms with Gasteiger partial charge >= 0.3 is 5.97 Å². The zero-order valence-corrected chi connectivity index (χ0v) is 18.5. The Kier molecular flexibility index (Phi) is 5.96. The topological polar surface area (TPSA) is 83.1 Å². The van der Waals surface area contributed by atoms with E-state index in [2.05, 4.69) is 15.2 Å². The highest BCUT2D eigenvalue weighted by molar-refractivity contribution is 6.11. The lowest BCUT2D eigenvalue weighted by atomic mass is 9.85. The number of fused-ring (bicyclic) bond motifs is 3. The molecule has 7 heteroatoms. The summed E-state index contributed by atoms with van der Waals surface area (Å²) >= 11 is 0. The van der Waals surface area contributed by atoms with Crippen molar-refractivity contribution in [3.05, 3.63) is 53.7 Å². The van der Waals surface area contributed by atoms with Gasteiger partial charge in [-0.15, -0.1) is 0 Å². The number of ether oxygens (including phenoxy) is 1. The molecule has 0 saturated carbocycles. The summed E-state index contributed by atoms with van der Waals surface area (Å²) in [5.74, 6) is 0.568. The van der Waals surface area contributed by atoms with E-state index < -0.39 is 0 Å². The van der Waals surface area contributed by atoms with Crippen LogP contribution in [0.1, 0.15) is 41.6 Å². The third kappa shape index (κ3) is 3.78. The van der Waals surface area contributed by atoms with Gasteiger partial charge in [0.15, 0.2) is 5.78 Å². The average Bonchev–Trinajstić information content (AvgIpc) is 3.27. The van der Waals surface area contributed by atoms with Crippen LogP contribution in [0.25, 0.3) is 10.9 Å². The van der Waals surface area contributed by atoms with Gasteiger partial charge in [0.05, 0.1) is 11.8 Å². The van der Waals surface area contributed by atoms with E-state index in [0.29, 0.717) is 19.5 Å². The van der Waals surface area contributed by atoms with Crippen molar-refractivity contribution in [1.82, 2.24) is 9.13 Å². The molecule has 0 saturated heterocycles. The normalized spacial score (nSPS) is 17.0. The lowest BCUT2D eigenvalue weighted by Gasteiger charge is -2.21. The average molecular weight is 424 g/mol. The number of nitrogens with two attached hydrogens (primary N) is 1. The summed E-state index contributed by atoms with van der Waals surface area (Å²) in [6.45, 7) is 4.97. The first-order valence-corrected chi connectivity index (χ1v) is 11.0. The van der Waals surface area contributed by atoms with Gasteiger partial charge in [-0.25, -0.2) is 4.57 Å². The highest BCUT2D eigenvalue weighted by Crippen LogP contribution is 2.34. The van der Waals surface area contributed by atoms with Gasteiger partial charge in [-0.2, -0.15) is 4.57 Å². The van der Waals surface area contributed by atoms with Gasteiger partial charge in [0, 0.05) is 42.7 Å². The monoisotopic (exact) mass is 423 g/mol. The van der Waals surface area contributed by atoms with Gasteiger partial charge < -0.3 is 15.0 Å². The van der Waals surface area contributed by atoms with Crippen molar-refractivity contribution in [1.29, 1.82) is 0 Å². The fraction of sp³-hybridized carbons (Fsp3) is 0.458. The van der Waals surface area contributed by atoms with E-state index in [9.17, 15) is 9.59 Å². The van der Waals surface area contributed by atoms with Crippen LogP contribution in [0.5, 0.6) is 0 Å². The number of hydrogen-bond acceptors (Lipinski definition) is 4. The first-order chi connectivity index (χ1) is 15.0. The van der Waals surface area contributed by atoms with Crippen molar-refractivity contribution >= 4 is 22.7 Å². The number of benzene rings is 1. The van der Waals surface area contributed by atoms with E-state index in [1.54, 1.807) is 0 Å². The fourth-order valence-corrected chi connectivity index (χ4v) is 4.62. The minimum absolute atomic E-state index is 0.0675. The van der Waals surface area contributed by atoms with Crippen LogP contribution in [0.4, 0.5) is 0 Å². The van der Waals surface area contributed by atoms with Gasteiger partial charge in [-0.05, 0) is 25.3 Å². The minimum Gasteiger partial charge on any atom is -0.424 e. The molecular formula is C24H31N4O3+. The third-order valence-electron chi connectivity index (χ3n) is 6.71. The predicted molar refractivity (Wildman–Crippen MR) is 117 cm³/mol. The van der Waals surface area contributed by atoms with Crippen LogP contribution in [0, 0.1) is 18.8 Å². The minimum atomic E-state index is -0.268. The van der Waals surface area contributed by atoms with Crippen molar-refractivity contribution in [2.24, 2.45) is 24.6 Å². The largest absolute Gasteiger partial charge is 0.424 e. The van der Waals surface area contributed by atoms with Crippen LogP contribution >= 0.6 is 0 Å². The predicted octanol–water partition coefficient (Wildman–Crippen LogP) is 2.51. The maximum Gasteiger partial charge on any atom is 0.313 e. The molecule has 1 aliphatic carbocycles. The molecule has 4 rings (SSSR count). The van der Waals surface area contributed by atoms with Gasteiger partial charge in [0.25, 0.3) is 5.82 Å². The molecule has 0 amide bonds. The zero-order chi connectivity index (χ0) is 22.1. The number of ketones is 1. The van der Waals surface area contributed by atoms with E-state index in [1.165, 1.54) is 0 Å². The molecule has 1 aromatic carbocycles. The molecule has 2 atom stereocenters. The standard InChI is InChI=1S/C24H31N4O3/c1-4-17(13-25)24(30)31-15-28-12-11-27(16(28)2)14-18-9-10-21-22(23(18)29)19-7-5-6-8-20(19)26(21)3/h5-8,11-12,17-18H,4,9-10,13-15,25H2,1-3H3/q+1. The Hall–Kier alpha value is -2.93. The number of nitrogens with zero attached hydrogens (tertiary/aromatic N) is 3. The number of aromatic nitrogens is 3. The van der Waals surface area contributed by atoms with Crippen molar-refractivity contribution in [3.63, 3.8) is 0 Å². The molecule has 7 nitrogen and oxygen atoms in total. The molecule has 0 fully saturated rings. The second kappa shape index (κ2) is 8.67. The highest BCUT2D eigenvalue weighted by atomic mass is 16.5. The van der Waals surface area contributed by atoms with E-state index in [0.717, 1.165) is 40.8 Å². The number of esters is 1. The molecule has 2 heterocycles. The number of hydrogen-bond donors (Lipinski definition) is 1. The summed E-state index contributed by atoms with van der Waals surface area (Å²) in [5, 5.41) is 1.05. The number of imidazole rings is 1. The Morgan fingerprint density at radius 3 is 2.87 bits per heavy atom. The maximum absolute atomic E-state index is 13.4. The first kappa shape index (κ1) is 21.3. The lowest BCUT2D eigenvalue weighted by Crippen LogP contribution is -2.40. The van der Waals surface area contributed by atoms with Crippen molar-refractivity contribution in [2.75, 3.05) is 6.54 Å². The van der Waals surface area contributed by atoms with Crippen molar-refractivity contribution in [2.45, 2.75) is 46.4 Å². The smallest absolute Gasteiger partial charge is 0.313 e. The van der Waals surface area contributed by atoms with Crippen LogP contribution in [0.2, 0.25) is 0 Å². The lowest BCUT2D eigenvalue weighted by molar-refractivity contribution is -0.732. The maximum atomic E-state index is 13.4. The van der Waals surface area contributed by atoms with Gasteiger partial charge in [-0.1, -0.05) is 25.1 Å². The Bertz CT molecular complexity index is 1120. The number of rotatable bonds is 7. The molecular weight excluding hydrogens is 392 g/mol. The zero-order valence-electron chi connectivity index (χ0n) is 18.5. The second-order valence-electron chi connectivity index (χ2n) is 8.40. The molecule has 2 unspecified atom stereocenters. The van der Waals surface area contributed by atoms with E-state index in [-0.39, 0.29) is 30.3 Å². The van der Waals surface area contributed by atoms with Crippen LogP contribution in [0.15, 0.2) is 36.7 Å². The van der Waals surface area contributed by atoms with Crippen molar-refractivity contribution < 1.29 is 18.9 Å². The summed E-state index contributed by atoms with van der Waals surface area (Å²) in [6.07, 6.45) is 6.24. The van der Waals surface area contributed by atoms with Crippen molar-refractivity contribution in [3.8, 4) is 0 Å². The Balaban J connectivity index is 1.49. The fourth-order valence-electron chi connectivity index (χ4n) is 4.62. The van der Waals surface area contributed by atoms with Gasteiger partial charge in [0.2, 0.25) is 6.73 Å². The molecule has 1 aliphatic rings. The summed E-state index contributed by atoms with van der Waals surface area (Å²) in [6, 6.07) is 8.13. The highest BCUT2D eigenvalue weighted by Gasteiger charge is 2.34. The van der Waals surface area contributed by atoms with Crippen LogP contribution < -0.4 is 10.3 Å². The first-order valence-electron chi connectivity index (χ1n) is 11.0. The SMILES string of the molecule is CCC(CN)C(=O)OC[n+]1ccn(CC2CCc3c(c4ccccc4n3C)C2=O)c1C. The summed E-state index contributed by atoms with van der Waals surface area (Å²) in [4.78, 5) is 25.5. The Labute approximate surface area is 182 Å². The molecule has 0 spiro atoms. The second-order valence-corrected chi connectivity index (χ2v) is 8.40. The Morgan fingerprint density at radius 1 is 1.35 bits per heavy atom. The number of carbonyl (C=O) groups is 2. The summed E-state index contributed by atoms with van der Waals surface area (Å²) < 4.78 is 11.6. The van der Waals surface area contributed by atoms with E-state index in [4.69, 9.17) is 10.5 Å². The molecule has 164 valence electrons. The quantitative estimate of drug-likeness (QED) is 0.468. The summed E-state index contributed by atoms with van der Waals surface area (Å²) in [5.41, 5.74) is 8.76. The number of Topliss-reactive ketones (excluding diaryl/α,β-unsaturated/α-hetero) is 1. The Morgan fingerprint density at radius 2 is 2.13 bits per heavy atom. The molecule has 31 heavy (non-hydrogen) atoms. The molecule has 0 radical (unpaired) electrons. The van der Waals surface area contributed by atoms with Crippen LogP contribution in [-0.2, 0) is 36.3 Å². The van der Waals surface area contributed by atoms with Gasteiger partial charge in [-0.3, -0.25) is 9.59 Å². The number of para-hydroxylation sites is 1. The van der Waals surface area contributed by atoms with E-state index >= 15 is 0 Å². The number of carbonyl (C=O) groups excluding carboxylic acids is 2. The van der Waals surface area contributed by atoms with Gasteiger partial charge in [0.1, 0.15) is 18.9 Å². The van der Waals surface area contributed by atoms with Crippen LogP contribution in [-0.4, -0.2) is 27.4 Å². The third-order valence-corrected chi connectivity index (χ3v) is 6.71. The summed E-state index contributed by atoms with van der Waals surface area (Å²) in [7, 11) is 2.04. The van der Waals surface area contributed by atoms with Crippen LogP contribution in [0.3, 0.4) is 0 Å². The molecule has 0 aliphatic heterocycles.